The Balaban J connectivity index is 2.17. The first-order chi connectivity index (χ1) is 10.9. The number of aromatic amines is 1. The maximum atomic E-state index is 12.5. The number of anilines is 1. The lowest BCUT2D eigenvalue weighted by Gasteiger charge is -2.11. The number of imidazole rings is 1. The van der Waals surface area contributed by atoms with Crippen LogP contribution < -0.4 is 10.1 Å². The van der Waals surface area contributed by atoms with E-state index in [2.05, 4.69) is 30.0 Å². The molecule has 11 heteroatoms. The van der Waals surface area contributed by atoms with E-state index < -0.39 is 17.8 Å². The summed E-state index contributed by atoms with van der Waals surface area (Å²) in [5.41, 5.74) is -1.07. The van der Waals surface area contributed by atoms with Crippen molar-refractivity contribution >= 4 is 11.8 Å². The number of nitrogens with one attached hydrogen (secondary N) is 2. The molecule has 0 fully saturated rings. The summed E-state index contributed by atoms with van der Waals surface area (Å²) >= 11 is 0. The molecule has 0 aliphatic heterocycles. The predicted molar refractivity (Wildman–Crippen MR) is 70.8 cm³/mol. The first-order valence-electron chi connectivity index (χ1n) is 6.19. The van der Waals surface area contributed by atoms with Crippen molar-refractivity contribution in [3.63, 3.8) is 0 Å². The highest BCUT2D eigenvalue weighted by Crippen LogP contribution is 2.28. The van der Waals surface area contributed by atoms with Crippen LogP contribution in [0.25, 0.3) is 0 Å². The summed E-state index contributed by atoms with van der Waals surface area (Å²) in [7, 11) is 2.48. The fourth-order valence-electron chi connectivity index (χ4n) is 1.70. The SMILES string of the molecule is COC(=O)c1ncnc(NCc2ncc(C(F)(F)F)[nH]2)c1OC. The zero-order valence-corrected chi connectivity index (χ0v) is 12.1. The van der Waals surface area contributed by atoms with Gasteiger partial charge in [0.25, 0.3) is 0 Å². The van der Waals surface area contributed by atoms with E-state index in [1.807, 2.05) is 0 Å². The first-order valence-corrected chi connectivity index (χ1v) is 6.19. The molecular formula is C12H12F3N5O3. The third-order valence-corrected chi connectivity index (χ3v) is 2.74. The predicted octanol–water partition coefficient (Wildman–Crippen LogP) is 1.63. The lowest BCUT2D eigenvalue weighted by Crippen LogP contribution is -2.12. The topological polar surface area (TPSA) is 102 Å². The summed E-state index contributed by atoms with van der Waals surface area (Å²) in [6.45, 7) is -0.0932. The van der Waals surface area contributed by atoms with Crippen molar-refractivity contribution in [2.45, 2.75) is 12.7 Å². The van der Waals surface area contributed by atoms with Gasteiger partial charge in [-0.05, 0) is 0 Å². The van der Waals surface area contributed by atoms with Gasteiger partial charge in [-0.1, -0.05) is 0 Å². The number of methoxy groups -OCH3 is 2. The van der Waals surface area contributed by atoms with Gasteiger partial charge in [0.2, 0.25) is 0 Å². The minimum Gasteiger partial charge on any atom is -0.491 e. The van der Waals surface area contributed by atoms with Crippen LogP contribution in [0.5, 0.6) is 5.75 Å². The van der Waals surface area contributed by atoms with Crippen molar-refractivity contribution in [1.82, 2.24) is 19.9 Å². The van der Waals surface area contributed by atoms with E-state index in [1.165, 1.54) is 14.2 Å². The van der Waals surface area contributed by atoms with Gasteiger partial charge in [-0.2, -0.15) is 13.2 Å². The molecule has 0 atom stereocenters. The Bertz CT molecular complexity index is 701. The molecule has 0 radical (unpaired) electrons. The van der Waals surface area contributed by atoms with Crippen LogP contribution in [0.4, 0.5) is 19.0 Å². The van der Waals surface area contributed by atoms with E-state index in [-0.39, 0.29) is 29.6 Å². The van der Waals surface area contributed by atoms with Crippen LogP contribution in [-0.4, -0.2) is 40.1 Å². The summed E-state index contributed by atoms with van der Waals surface area (Å²) in [5, 5.41) is 2.72. The Morgan fingerprint density at radius 1 is 1.30 bits per heavy atom. The molecule has 23 heavy (non-hydrogen) atoms. The van der Waals surface area contributed by atoms with Crippen molar-refractivity contribution in [2.24, 2.45) is 0 Å². The van der Waals surface area contributed by atoms with Gasteiger partial charge in [0.05, 0.1) is 27.0 Å². The summed E-state index contributed by atoms with van der Waals surface area (Å²) < 4.78 is 47.0. The second-order valence-corrected chi connectivity index (χ2v) is 4.19. The second-order valence-electron chi connectivity index (χ2n) is 4.19. The van der Waals surface area contributed by atoms with Crippen LogP contribution in [0, 0.1) is 0 Å². The molecule has 0 saturated carbocycles. The lowest BCUT2D eigenvalue weighted by atomic mass is 10.3. The van der Waals surface area contributed by atoms with Gasteiger partial charge in [-0.3, -0.25) is 0 Å². The molecule has 0 unspecified atom stereocenters. The van der Waals surface area contributed by atoms with Crippen molar-refractivity contribution in [3.8, 4) is 5.75 Å². The maximum absolute atomic E-state index is 12.5. The van der Waals surface area contributed by atoms with E-state index in [1.54, 1.807) is 0 Å². The van der Waals surface area contributed by atoms with Crippen LogP contribution in [0.3, 0.4) is 0 Å². The summed E-state index contributed by atoms with van der Waals surface area (Å²) in [4.78, 5) is 24.9. The van der Waals surface area contributed by atoms with Crippen molar-refractivity contribution in [2.75, 3.05) is 19.5 Å². The lowest BCUT2D eigenvalue weighted by molar-refractivity contribution is -0.140. The molecule has 0 amide bonds. The summed E-state index contributed by atoms with van der Waals surface area (Å²) in [6.07, 6.45) is -2.72. The molecule has 0 spiro atoms. The molecule has 0 saturated heterocycles. The number of rotatable bonds is 5. The Labute approximate surface area is 128 Å². The van der Waals surface area contributed by atoms with Crippen molar-refractivity contribution in [3.05, 3.63) is 29.7 Å². The van der Waals surface area contributed by atoms with Crippen LogP contribution in [0.15, 0.2) is 12.5 Å². The fourth-order valence-corrected chi connectivity index (χ4v) is 1.70. The quantitative estimate of drug-likeness (QED) is 0.803. The van der Waals surface area contributed by atoms with Crippen LogP contribution in [0.2, 0.25) is 0 Å². The van der Waals surface area contributed by atoms with Crippen molar-refractivity contribution in [1.29, 1.82) is 0 Å². The van der Waals surface area contributed by atoms with Gasteiger partial charge >= 0.3 is 12.1 Å². The number of halogens is 3. The zero-order valence-electron chi connectivity index (χ0n) is 12.1. The Kier molecular flexibility index (Phi) is 4.67. The van der Waals surface area contributed by atoms with E-state index >= 15 is 0 Å². The normalized spacial score (nSPS) is 11.2. The molecule has 0 bridgehead atoms. The Morgan fingerprint density at radius 3 is 2.61 bits per heavy atom. The molecule has 0 aliphatic rings. The number of aromatic nitrogens is 4. The first kappa shape index (κ1) is 16.5. The summed E-state index contributed by atoms with van der Waals surface area (Å²) in [5.74, 6) is -0.558. The molecular weight excluding hydrogens is 319 g/mol. The molecule has 2 N–H and O–H groups in total. The smallest absolute Gasteiger partial charge is 0.432 e. The maximum Gasteiger partial charge on any atom is 0.432 e. The molecule has 2 rings (SSSR count). The van der Waals surface area contributed by atoms with E-state index in [4.69, 9.17) is 4.74 Å². The minimum absolute atomic E-state index is 0.0157. The number of H-pyrrole nitrogens is 1. The van der Waals surface area contributed by atoms with Gasteiger partial charge in [0.1, 0.15) is 17.8 Å². The number of hydrogen-bond donors (Lipinski definition) is 2. The highest BCUT2D eigenvalue weighted by atomic mass is 19.4. The third-order valence-electron chi connectivity index (χ3n) is 2.74. The number of esters is 1. The Morgan fingerprint density at radius 2 is 2.04 bits per heavy atom. The minimum atomic E-state index is -4.50. The van der Waals surface area contributed by atoms with Gasteiger partial charge in [-0.15, -0.1) is 0 Å². The van der Waals surface area contributed by atoms with Gasteiger partial charge in [-0.25, -0.2) is 19.7 Å². The van der Waals surface area contributed by atoms with Crippen molar-refractivity contribution < 1.29 is 27.4 Å². The second kappa shape index (κ2) is 6.50. The molecule has 8 nitrogen and oxygen atoms in total. The highest BCUT2D eigenvalue weighted by molar-refractivity contribution is 5.91. The van der Waals surface area contributed by atoms with E-state index in [9.17, 15) is 18.0 Å². The standard InChI is InChI=1S/C12H12F3N5O3/c1-22-9-8(11(21)23-2)18-5-19-10(9)17-4-7-16-3-6(20-7)12(13,14)15/h3,5H,4H2,1-2H3,(H,16,20)(H,17,18,19). The molecule has 2 aromatic heterocycles. The van der Waals surface area contributed by atoms with Gasteiger partial charge in [0.15, 0.2) is 17.3 Å². The number of ether oxygens (including phenoxy) is 2. The summed E-state index contributed by atoms with van der Waals surface area (Å²) in [6, 6.07) is 0. The van der Waals surface area contributed by atoms with E-state index in [0.717, 1.165) is 6.33 Å². The van der Waals surface area contributed by atoms with Crippen LogP contribution in [-0.2, 0) is 17.5 Å². The van der Waals surface area contributed by atoms with Crippen LogP contribution >= 0.6 is 0 Å². The van der Waals surface area contributed by atoms with Gasteiger partial charge in [0, 0.05) is 0 Å². The number of carbonyl (C=O) groups excluding carboxylic acids is 1. The number of hydrogen-bond acceptors (Lipinski definition) is 7. The molecule has 2 heterocycles. The number of alkyl halides is 3. The Hall–Kier alpha value is -2.85. The van der Waals surface area contributed by atoms with Crippen LogP contribution in [0.1, 0.15) is 22.0 Å². The molecule has 0 aliphatic carbocycles. The van der Waals surface area contributed by atoms with E-state index in [0.29, 0.717) is 6.20 Å². The molecule has 2 aromatic rings. The number of carbonyl (C=O) groups is 1. The molecule has 124 valence electrons. The molecule has 0 aromatic carbocycles. The fraction of sp³-hybridized carbons (Fsp3) is 0.333. The van der Waals surface area contributed by atoms with Gasteiger partial charge < -0.3 is 19.8 Å². The highest BCUT2D eigenvalue weighted by Gasteiger charge is 2.32. The zero-order chi connectivity index (χ0) is 17.0. The third kappa shape index (κ3) is 3.67. The average Bonchev–Trinajstić information content (AvgIpc) is 3.00. The monoisotopic (exact) mass is 331 g/mol. The number of nitrogens with zero attached hydrogens (tertiary/aromatic N) is 3. The largest absolute Gasteiger partial charge is 0.491 e. The average molecular weight is 331 g/mol.